The van der Waals surface area contributed by atoms with Gasteiger partial charge in [-0.1, -0.05) is 23.7 Å². The quantitative estimate of drug-likeness (QED) is 0.909. The highest BCUT2D eigenvalue weighted by molar-refractivity contribution is 6.30. The Hall–Kier alpha value is -0.640. The second-order valence-electron chi connectivity index (χ2n) is 5.15. The van der Waals surface area contributed by atoms with Crippen LogP contribution in [0, 0.1) is 0 Å². The number of alkyl halides is 1. The van der Waals surface area contributed by atoms with Gasteiger partial charge in [-0.15, -0.1) is 0 Å². The fourth-order valence-corrected chi connectivity index (χ4v) is 2.62. The minimum absolute atomic E-state index is 0.105. The summed E-state index contributed by atoms with van der Waals surface area (Å²) < 4.78 is 19.9. The third kappa shape index (κ3) is 4.23. The fourth-order valence-electron chi connectivity index (χ4n) is 2.41. The van der Waals surface area contributed by atoms with Crippen LogP contribution < -0.4 is 5.32 Å². The van der Waals surface area contributed by atoms with E-state index in [-0.39, 0.29) is 6.04 Å². The normalized spacial score (nSPS) is 23.6. The van der Waals surface area contributed by atoms with Gasteiger partial charge in [-0.05, 0) is 31.0 Å². The number of ether oxygens (including phenoxy) is 1. The van der Waals surface area contributed by atoms with E-state index in [0.717, 1.165) is 12.1 Å². The molecule has 1 aromatic carbocycles. The van der Waals surface area contributed by atoms with E-state index >= 15 is 0 Å². The molecule has 1 heterocycles. The van der Waals surface area contributed by atoms with Crippen LogP contribution in [0.2, 0.25) is 5.02 Å². The topological polar surface area (TPSA) is 21.3 Å². The van der Waals surface area contributed by atoms with E-state index in [1.165, 1.54) is 0 Å². The SMILES string of the molecule is CC(F)(Cc1cccc(Cl)c1)CC1COCCN1. The van der Waals surface area contributed by atoms with Gasteiger partial charge in [-0.3, -0.25) is 0 Å². The predicted molar refractivity (Wildman–Crippen MR) is 71.9 cm³/mol. The van der Waals surface area contributed by atoms with Crippen LogP contribution in [0.15, 0.2) is 24.3 Å². The number of morpholine rings is 1. The highest BCUT2D eigenvalue weighted by atomic mass is 35.5. The van der Waals surface area contributed by atoms with Crippen LogP contribution in [-0.4, -0.2) is 31.5 Å². The highest BCUT2D eigenvalue weighted by Crippen LogP contribution is 2.25. The molecule has 0 saturated carbocycles. The van der Waals surface area contributed by atoms with Crippen LogP contribution in [0.5, 0.6) is 0 Å². The van der Waals surface area contributed by atoms with Gasteiger partial charge in [0.1, 0.15) is 5.67 Å². The molecule has 0 amide bonds. The zero-order valence-electron chi connectivity index (χ0n) is 10.6. The van der Waals surface area contributed by atoms with Gasteiger partial charge in [-0.2, -0.15) is 0 Å². The summed E-state index contributed by atoms with van der Waals surface area (Å²) in [5, 5.41) is 3.94. The van der Waals surface area contributed by atoms with E-state index in [4.69, 9.17) is 16.3 Å². The standard InChI is InChI=1S/C14H19ClFNO/c1-14(16,9-13-10-18-6-5-17-13)8-11-3-2-4-12(15)7-11/h2-4,7,13,17H,5-6,8-10H2,1H3. The van der Waals surface area contributed by atoms with Gasteiger partial charge in [0.05, 0.1) is 13.2 Å². The first-order valence-electron chi connectivity index (χ1n) is 6.30. The summed E-state index contributed by atoms with van der Waals surface area (Å²) in [4.78, 5) is 0. The first-order valence-corrected chi connectivity index (χ1v) is 6.67. The van der Waals surface area contributed by atoms with Crippen molar-refractivity contribution >= 4 is 11.6 Å². The molecular weight excluding hydrogens is 253 g/mol. The van der Waals surface area contributed by atoms with Crippen molar-refractivity contribution in [3.63, 3.8) is 0 Å². The summed E-state index contributed by atoms with van der Waals surface area (Å²) in [5.41, 5.74) is -0.313. The molecule has 2 unspecified atom stereocenters. The van der Waals surface area contributed by atoms with Gasteiger partial charge in [0, 0.05) is 24.0 Å². The summed E-state index contributed by atoms with van der Waals surface area (Å²) in [6.45, 7) is 3.75. The maximum atomic E-state index is 14.6. The molecular formula is C14H19ClFNO. The van der Waals surface area contributed by atoms with Crippen molar-refractivity contribution in [1.29, 1.82) is 0 Å². The maximum Gasteiger partial charge on any atom is 0.113 e. The molecule has 2 rings (SSSR count). The molecule has 1 fully saturated rings. The second-order valence-corrected chi connectivity index (χ2v) is 5.59. The third-order valence-electron chi connectivity index (χ3n) is 3.13. The number of hydrogen-bond donors (Lipinski definition) is 1. The number of nitrogens with one attached hydrogen (secondary N) is 1. The van der Waals surface area contributed by atoms with Crippen molar-refractivity contribution in [2.24, 2.45) is 0 Å². The average Bonchev–Trinajstić information content (AvgIpc) is 2.28. The predicted octanol–water partition coefficient (Wildman–Crippen LogP) is 2.99. The minimum atomic E-state index is -1.25. The molecule has 1 N–H and O–H groups in total. The van der Waals surface area contributed by atoms with E-state index in [1.807, 2.05) is 18.2 Å². The smallest absolute Gasteiger partial charge is 0.113 e. The van der Waals surface area contributed by atoms with Crippen LogP contribution in [0.3, 0.4) is 0 Å². The minimum Gasteiger partial charge on any atom is -0.379 e. The van der Waals surface area contributed by atoms with Crippen molar-refractivity contribution in [3.8, 4) is 0 Å². The molecule has 0 aliphatic carbocycles. The van der Waals surface area contributed by atoms with Crippen LogP contribution in [0.4, 0.5) is 4.39 Å². The van der Waals surface area contributed by atoms with Gasteiger partial charge >= 0.3 is 0 Å². The largest absolute Gasteiger partial charge is 0.379 e. The van der Waals surface area contributed by atoms with E-state index < -0.39 is 5.67 Å². The fraction of sp³-hybridized carbons (Fsp3) is 0.571. The molecule has 0 radical (unpaired) electrons. The molecule has 0 spiro atoms. The Morgan fingerprint density at radius 2 is 2.39 bits per heavy atom. The molecule has 18 heavy (non-hydrogen) atoms. The molecule has 2 atom stereocenters. The Bertz CT molecular complexity index is 391. The lowest BCUT2D eigenvalue weighted by atomic mass is 9.91. The molecule has 0 aromatic heterocycles. The first kappa shape index (κ1) is 13.8. The van der Waals surface area contributed by atoms with Gasteiger partial charge in [-0.25, -0.2) is 4.39 Å². The molecule has 1 aromatic rings. The molecule has 100 valence electrons. The Balaban J connectivity index is 1.93. The Morgan fingerprint density at radius 3 is 3.06 bits per heavy atom. The van der Waals surface area contributed by atoms with Crippen LogP contribution in [-0.2, 0) is 11.2 Å². The monoisotopic (exact) mass is 271 g/mol. The van der Waals surface area contributed by atoms with Crippen molar-refractivity contribution < 1.29 is 9.13 Å². The molecule has 2 nitrogen and oxygen atoms in total. The maximum absolute atomic E-state index is 14.6. The van der Waals surface area contributed by atoms with Crippen LogP contribution in [0.25, 0.3) is 0 Å². The van der Waals surface area contributed by atoms with Crippen molar-refractivity contribution in [3.05, 3.63) is 34.9 Å². The molecule has 1 aliphatic rings. The molecule has 4 heteroatoms. The lowest BCUT2D eigenvalue weighted by Crippen LogP contribution is -2.45. The third-order valence-corrected chi connectivity index (χ3v) is 3.37. The van der Waals surface area contributed by atoms with Crippen molar-refractivity contribution in [1.82, 2.24) is 5.32 Å². The summed E-state index contributed by atoms with van der Waals surface area (Å²) in [6, 6.07) is 7.50. The number of hydrogen-bond acceptors (Lipinski definition) is 2. The first-order chi connectivity index (χ1) is 8.55. The number of benzene rings is 1. The molecule has 0 bridgehead atoms. The van der Waals surface area contributed by atoms with Gasteiger partial charge < -0.3 is 10.1 Å². The van der Waals surface area contributed by atoms with Gasteiger partial charge in [0.15, 0.2) is 0 Å². The lowest BCUT2D eigenvalue weighted by molar-refractivity contribution is 0.0483. The number of halogens is 2. The Kier molecular flexibility index (Phi) is 4.60. The van der Waals surface area contributed by atoms with Crippen molar-refractivity contribution in [2.45, 2.75) is 31.5 Å². The summed E-state index contributed by atoms with van der Waals surface area (Å²) in [5.74, 6) is 0. The average molecular weight is 272 g/mol. The van der Waals surface area contributed by atoms with Crippen LogP contribution >= 0.6 is 11.6 Å². The summed E-state index contributed by atoms with van der Waals surface area (Å²) in [6.07, 6.45) is 0.839. The second kappa shape index (κ2) is 6.00. The number of rotatable bonds is 4. The van der Waals surface area contributed by atoms with Gasteiger partial charge in [0.2, 0.25) is 0 Å². The molecule has 1 aliphatic heterocycles. The Morgan fingerprint density at radius 1 is 1.56 bits per heavy atom. The van der Waals surface area contributed by atoms with Crippen molar-refractivity contribution in [2.75, 3.05) is 19.8 Å². The lowest BCUT2D eigenvalue weighted by Gasteiger charge is -2.30. The van der Waals surface area contributed by atoms with Gasteiger partial charge in [0.25, 0.3) is 0 Å². The molecule has 1 saturated heterocycles. The Labute approximate surface area is 112 Å². The van der Waals surface area contributed by atoms with E-state index in [2.05, 4.69) is 5.32 Å². The summed E-state index contributed by atoms with van der Waals surface area (Å²) >= 11 is 5.91. The highest BCUT2D eigenvalue weighted by Gasteiger charge is 2.29. The zero-order valence-corrected chi connectivity index (χ0v) is 11.3. The van der Waals surface area contributed by atoms with E-state index in [0.29, 0.717) is 31.1 Å². The van der Waals surface area contributed by atoms with Crippen LogP contribution in [0.1, 0.15) is 18.9 Å². The van der Waals surface area contributed by atoms with E-state index in [1.54, 1.807) is 13.0 Å². The van der Waals surface area contributed by atoms with E-state index in [9.17, 15) is 4.39 Å². The zero-order chi connectivity index (χ0) is 13.0. The summed E-state index contributed by atoms with van der Waals surface area (Å²) in [7, 11) is 0.